The summed E-state index contributed by atoms with van der Waals surface area (Å²) in [7, 11) is 0. The molecule has 38 heavy (non-hydrogen) atoms. The highest BCUT2D eigenvalue weighted by Crippen LogP contribution is 2.33. The number of amides is 1. The Bertz CT molecular complexity index is 1360. The third kappa shape index (κ3) is 5.62. The molecule has 1 fully saturated rings. The lowest BCUT2D eigenvalue weighted by Gasteiger charge is -2.18. The van der Waals surface area contributed by atoms with Gasteiger partial charge in [0.2, 0.25) is 5.91 Å². The number of benzene rings is 3. The van der Waals surface area contributed by atoms with E-state index in [9.17, 15) is 4.79 Å². The van der Waals surface area contributed by atoms with E-state index in [1.165, 1.54) is 11.1 Å². The van der Waals surface area contributed by atoms with Crippen LogP contribution < -0.4 is 9.64 Å². The molecule has 198 valence electrons. The van der Waals surface area contributed by atoms with Crippen molar-refractivity contribution in [3.63, 3.8) is 0 Å². The van der Waals surface area contributed by atoms with Gasteiger partial charge >= 0.3 is 0 Å². The largest absolute Gasteiger partial charge is 0.494 e. The number of para-hydroxylation sites is 2. The maximum atomic E-state index is 13.0. The summed E-state index contributed by atoms with van der Waals surface area (Å²) in [6, 6.07) is 25.2. The molecule has 2 heterocycles. The molecule has 0 aliphatic carbocycles. The molecular formula is C33H39N3O2. The molecule has 0 N–H and O–H groups in total. The summed E-state index contributed by atoms with van der Waals surface area (Å²) in [6.07, 6.45) is 4.58. The Morgan fingerprint density at radius 1 is 0.974 bits per heavy atom. The Morgan fingerprint density at radius 2 is 1.74 bits per heavy atom. The van der Waals surface area contributed by atoms with E-state index in [2.05, 4.69) is 92.1 Å². The van der Waals surface area contributed by atoms with Crippen LogP contribution >= 0.6 is 0 Å². The summed E-state index contributed by atoms with van der Waals surface area (Å²) in [6.45, 7) is 8.84. The van der Waals surface area contributed by atoms with Crippen LogP contribution in [0.5, 0.6) is 5.75 Å². The monoisotopic (exact) mass is 509 g/mol. The molecule has 0 saturated carbocycles. The molecule has 5 rings (SSSR count). The maximum Gasteiger partial charge on any atom is 0.227 e. The lowest BCUT2D eigenvalue weighted by molar-refractivity contribution is -0.117. The lowest BCUT2D eigenvalue weighted by atomic mass is 9.99. The second-order valence-electron chi connectivity index (χ2n) is 10.5. The number of nitrogens with zero attached hydrogens (tertiary/aromatic N) is 3. The first kappa shape index (κ1) is 26.0. The van der Waals surface area contributed by atoms with E-state index >= 15 is 0 Å². The van der Waals surface area contributed by atoms with Crippen molar-refractivity contribution in [2.45, 2.75) is 71.3 Å². The van der Waals surface area contributed by atoms with E-state index in [0.29, 0.717) is 25.5 Å². The summed E-state index contributed by atoms with van der Waals surface area (Å²) < 4.78 is 8.36. The molecule has 5 nitrogen and oxygen atoms in total. The van der Waals surface area contributed by atoms with Gasteiger partial charge in [-0.2, -0.15) is 0 Å². The van der Waals surface area contributed by atoms with Crippen molar-refractivity contribution in [2.24, 2.45) is 0 Å². The fourth-order valence-electron chi connectivity index (χ4n) is 5.37. The summed E-state index contributed by atoms with van der Waals surface area (Å²) in [5, 5.41) is 0. The lowest BCUT2D eigenvalue weighted by Crippen LogP contribution is -2.24. The fourth-order valence-corrected chi connectivity index (χ4v) is 5.37. The van der Waals surface area contributed by atoms with Gasteiger partial charge < -0.3 is 14.2 Å². The predicted octanol–water partition coefficient (Wildman–Crippen LogP) is 7.49. The minimum atomic E-state index is 0.0843. The number of carbonyl (C=O) groups excluding carboxylic acids is 1. The predicted molar refractivity (Wildman–Crippen MR) is 155 cm³/mol. The van der Waals surface area contributed by atoms with Gasteiger partial charge in [0.1, 0.15) is 11.6 Å². The zero-order valence-corrected chi connectivity index (χ0v) is 22.9. The Hall–Kier alpha value is -3.60. The van der Waals surface area contributed by atoms with Gasteiger partial charge in [-0.15, -0.1) is 0 Å². The van der Waals surface area contributed by atoms with Crippen LogP contribution in [0.4, 0.5) is 5.69 Å². The highest BCUT2D eigenvalue weighted by molar-refractivity contribution is 5.96. The van der Waals surface area contributed by atoms with Crippen LogP contribution in [0, 0.1) is 0 Å². The van der Waals surface area contributed by atoms with E-state index in [-0.39, 0.29) is 11.8 Å². The fraction of sp³-hybridized carbons (Fsp3) is 0.394. The number of carbonyl (C=O) groups is 1. The van der Waals surface area contributed by atoms with E-state index in [0.717, 1.165) is 60.5 Å². The third-order valence-corrected chi connectivity index (χ3v) is 7.94. The highest BCUT2D eigenvalue weighted by atomic mass is 16.5. The van der Waals surface area contributed by atoms with Crippen molar-refractivity contribution >= 4 is 22.6 Å². The number of aromatic nitrogens is 2. The molecule has 1 saturated heterocycles. The maximum absolute atomic E-state index is 13.0. The van der Waals surface area contributed by atoms with Gasteiger partial charge in [-0.3, -0.25) is 4.79 Å². The summed E-state index contributed by atoms with van der Waals surface area (Å²) in [4.78, 5) is 20.0. The van der Waals surface area contributed by atoms with Crippen molar-refractivity contribution in [1.82, 2.24) is 9.55 Å². The molecule has 5 heteroatoms. The number of unbranched alkanes of at least 4 members (excludes halogenated alkanes) is 1. The second-order valence-corrected chi connectivity index (χ2v) is 10.5. The Kier molecular flexibility index (Phi) is 8.11. The van der Waals surface area contributed by atoms with Crippen LogP contribution in [-0.4, -0.2) is 28.6 Å². The summed E-state index contributed by atoms with van der Waals surface area (Å²) in [5.74, 6) is 2.79. The standard InChI is InChI=1S/C33H39N3O2/c1-4-24(3)26-14-18-29(19-15-26)38-21-9-8-20-35-31-11-7-6-10-30(31)34-33(35)27-22-32(37)36(23-27)28-16-12-25(5-2)13-17-28/h6-7,10-19,24,27H,4-5,8-9,20-23H2,1-3H3. The second kappa shape index (κ2) is 11.8. The van der Waals surface area contributed by atoms with Crippen LogP contribution in [-0.2, 0) is 17.8 Å². The van der Waals surface area contributed by atoms with Gasteiger partial charge in [0.25, 0.3) is 0 Å². The molecule has 0 spiro atoms. The molecular weight excluding hydrogens is 470 g/mol. The minimum absolute atomic E-state index is 0.0843. The van der Waals surface area contributed by atoms with Crippen LogP contribution in [0.25, 0.3) is 11.0 Å². The van der Waals surface area contributed by atoms with Crippen molar-refractivity contribution in [1.29, 1.82) is 0 Å². The molecule has 0 bridgehead atoms. The number of rotatable bonds is 11. The van der Waals surface area contributed by atoms with Crippen molar-refractivity contribution in [3.8, 4) is 5.75 Å². The minimum Gasteiger partial charge on any atom is -0.494 e. The molecule has 1 aliphatic heterocycles. The number of hydrogen-bond donors (Lipinski definition) is 0. The zero-order valence-electron chi connectivity index (χ0n) is 22.9. The van der Waals surface area contributed by atoms with Crippen LogP contribution in [0.15, 0.2) is 72.8 Å². The molecule has 1 amide bonds. The van der Waals surface area contributed by atoms with E-state index in [4.69, 9.17) is 9.72 Å². The van der Waals surface area contributed by atoms with Crippen molar-refractivity contribution in [3.05, 3.63) is 89.7 Å². The van der Waals surface area contributed by atoms with Gasteiger partial charge in [0, 0.05) is 31.1 Å². The number of aryl methyl sites for hydroxylation is 2. The van der Waals surface area contributed by atoms with Gasteiger partial charge in [0.15, 0.2) is 0 Å². The van der Waals surface area contributed by atoms with Gasteiger partial charge in [0.05, 0.1) is 17.6 Å². The Balaban J connectivity index is 1.23. The molecule has 2 atom stereocenters. The van der Waals surface area contributed by atoms with Crippen molar-refractivity contribution < 1.29 is 9.53 Å². The normalized spacial score (nSPS) is 16.3. The molecule has 4 aromatic rings. The zero-order chi connectivity index (χ0) is 26.5. The third-order valence-electron chi connectivity index (χ3n) is 7.94. The topological polar surface area (TPSA) is 47.4 Å². The molecule has 0 radical (unpaired) electrons. The summed E-state index contributed by atoms with van der Waals surface area (Å²) in [5.41, 5.74) is 5.76. The molecule has 1 aliphatic rings. The molecule has 1 aromatic heterocycles. The van der Waals surface area contributed by atoms with Gasteiger partial charge in [-0.1, -0.05) is 57.2 Å². The molecule has 2 unspecified atom stereocenters. The van der Waals surface area contributed by atoms with Crippen LogP contribution in [0.2, 0.25) is 0 Å². The highest BCUT2D eigenvalue weighted by Gasteiger charge is 2.34. The number of anilines is 1. The number of ether oxygens (including phenoxy) is 1. The average molecular weight is 510 g/mol. The Labute approximate surface area is 226 Å². The average Bonchev–Trinajstić information content (AvgIpc) is 3.53. The van der Waals surface area contributed by atoms with Crippen molar-refractivity contribution in [2.75, 3.05) is 18.1 Å². The number of fused-ring (bicyclic) bond motifs is 1. The molecule has 3 aromatic carbocycles. The first-order valence-corrected chi connectivity index (χ1v) is 14.1. The van der Waals surface area contributed by atoms with E-state index in [1.54, 1.807) is 0 Å². The first-order chi connectivity index (χ1) is 18.6. The number of imidazole rings is 1. The Morgan fingerprint density at radius 3 is 2.47 bits per heavy atom. The van der Waals surface area contributed by atoms with Gasteiger partial charge in [-0.05, 0) is 79.1 Å². The van der Waals surface area contributed by atoms with E-state index < -0.39 is 0 Å². The number of hydrogen-bond acceptors (Lipinski definition) is 3. The van der Waals surface area contributed by atoms with Gasteiger partial charge in [-0.25, -0.2) is 4.98 Å². The van der Waals surface area contributed by atoms with Crippen LogP contribution in [0.1, 0.15) is 75.2 Å². The van der Waals surface area contributed by atoms with Crippen LogP contribution in [0.3, 0.4) is 0 Å². The SMILES string of the molecule is CCc1ccc(N2CC(c3nc4ccccc4n3CCCCOc3ccc(C(C)CC)cc3)CC2=O)cc1. The summed E-state index contributed by atoms with van der Waals surface area (Å²) >= 11 is 0. The smallest absolute Gasteiger partial charge is 0.227 e. The van der Waals surface area contributed by atoms with E-state index in [1.807, 2.05) is 11.0 Å². The first-order valence-electron chi connectivity index (χ1n) is 14.1. The quantitative estimate of drug-likeness (QED) is 0.197.